The molecule has 1 aliphatic rings. The molecule has 17 heavy (non-hydrogen) atoms. The van der Waals surface area contributed by atoms with E-state index < -0.39 is 6.17 Å². The van der Waals surface area contributed by atoms with Gasteiger partial charge in [0, 0.05) is 26.3 Å². The highest BCUT2D eigenvalue weighted by molar-refractivity contribution is 5.40. The summed E-state index contributed by atoms with van der Waals surface area (Å²) < 4.78 is 18.1. The third-order valence-electron chi connectivity index (χ3n) is 2.92. The van der Waals surface area contributed by atoms with Crippen molar-refractivity contribution in [2.24, 2.45) is 0 Å². The summed E-state index contributed by atoms with van der Waals surface area (Å²) >= 11 is 0. The van der Waals surface area contributed by atoms with E-state index >= 15 is 0 Å². The lowest BCUT2D eigenvalue weighted by molar-refractivity contribution is 0.181. The van der Waals surface area contributed by atoms with Gasteiger partial charge in [-0.2, -0.15) is 0 Å². The lowest BCUT2D eigenvalue weighted by Gasteiger charge is -2.29. The number of aromatic nitrogens is 2. The van der Waals surface area contributed by atoms with Crippen LogP contribution in [0.2, 0.25) is 0 Å². The second-order valence-electron chi connectivity index (χ2n) is 4.36. The Hall–Kier alpha value is -1.23. The molecule has 0 aromatic carbocycles. The topological polar surface area (TPSA) is 38.2 Å². The highest BCUT2D eigenvalue weighted by Gasteiger charge is 2.20. The molecule has 2 rings (SSSR count). The van der Waals surface area contributed by atoms with Gasteiger partial charge >= 0.3 is 0 Å². The van der Waals surface area contributed by atoms with E-state index in [4.69, 9.17) is 4.74 Å². The highest BCUT2D eigenvalue weighted by atomic mass is 19.1. The number of halogens is 1. The van der Waals surface area contributed by atoms with E-state index in [0.29, 0.717) is 19.4 Å². The van der Waals surface area contributed by atoms with Crippen molar-refractivity contribution < 1.29 is 9.13 Å². The predicted octanol–water partition coefficient (Wildman–Crippen LogP) is 1.87. The van der Waals surface area contributed by atoms with Gasteiger partial charge in [0.1, 0.15) is 17.8 Å². The van der Waals surface area contributed by atoms with Crippen LogP contribution in [-0.2, 0) is 11.3 Å². The molecule has 5 heteroatoms. The number of aryl methyl sites for hydroxylation is 1. The van der Waals surface area contributed by atoms with Gasteiger partial charge in [-0.05, 0) is 19.8 Å². The zero-order valence-corrected chi connectivity index (χ0v) is 10.3. The number of ether oxygens (including phenoxy) is 1. The second-order valence-corrected chi connectivity index (χ2v) is 4.36. The maximum Gasteiger partial charge on any atom is 0.132 e. The van der Waals surface area contributed by atoms with Gasteiger partial charge in [-0.15, -0.1) is 0 Å². The standard InChI is InChI=1S/C12H18FN3O/c1-9-14-11(8-17-2)7-12(15-9)16-5-3-10(13)4-6-16/h7,10H,3-6,8H2,1-2H3. The maximum atomic E-state index is 13.1. The summed E-state index contributed by atoms with van der Waals surface area (Å²) in [7, 11) is 1.64. The number of anilines is 1. The molecule has 2 heterocycles. The molecular weight excluding hydrogens is 221 g/mol. The summed E-state index contributed by atoms with van der Waals surface area (Å²) in [5.41, 5.74) is 0.873. The van der Waals surface area contributed by atoms with E-state index in [2.05, 4.69) is 14.9 Å². The van der Waals surface area contributed by atoms with Crippen molar-refractivity contribution in [3.8, 4) is 0 Å². The normalized spacial score (nSPS) is 17.5. The Bertz CT molecular complexity index is 378. The van der Waals surface area contributed by atoms with Crippen LogP contribution in [0.5, 0.6) is 0 Å². The van der Waals surface area contributed by atoms with Gasteiger partial charge in [0.15, 0.2) is 0 Å². The minimum absolute atomic E-state index is 0.482. The molecule has 0 bridgehead atoms. The molecule has 0 amide bonds. The van der Waals surface area contributed by atoms with Gasteiger partial charge in [-0.3, -0.25) is 0 Å². The van der Waals surface area contributed by atoms with Crippen LogP contribution in [0.3, 0.4) is 0 Å². The van der Waals surface area contributed by atoms with E-state index in [9.17, 15) is 4.39 Å². The quantitative estimate of drug-likeness (QED) is 0.807. The van der Waals surface area contributed by atoms with E-state index in [1.165, 1.54) is 0 Å². The zero-order chi connectivity index (χ0) is 12.3. The highest BCUT2D eigenvalue weighted by Crippen LogP contribution is 2.20. The van der Waals surface area contributed by atoms with E-state index in [1.807, 2.05) is 13.0 Å². The fraction of sp³-hybridized carbons (Fsp3) is 0.667. The number of piperidine rings is 1. The Morgan fingerprint density at radius 1 is 1.41 bits per heavy atom. The molecular formula is C12H18FN3O. The zero-order valence-electron chi connectivity index (χ0n) is 10.3. The minimum Gasteiger partial charge on any atom is -0.378 e. The molecule has 1 aromatic heterocycles. The van der Waals surface area contributed by atoms with Crippen molar-refractivity contribution in [2.75, 3.05) is 25.1 Å². The van der Waals surface area contributed by atoms with E-state index in [0.717, 1.165) is 30.4 Å². The molecule has 0 saturated carbocycles. The van der Waals surface area contributed by atoms with E-state index in [1.54, 1.807) is 7.11 Å². The third-order valence-corrected chi connectivity index (χ3v) is 2.92. The van der Waals surface area contributed by atoms with Crippen LogP contribution in [0.1, 0.15) is 24.4 Å². The molecule has 0 atom stereocenters. The molecule has 4 nitrogen and oxygen atoms in total. The van der Waals surface area contributed by atoms with Gasteiger partial charge in [-0.25, -0.2) is 14.4 Å². The first-order valence-electron chi connectivity index (χ1n) is 5.91. The number of methoxy groups -OCH3 is 1. The van der Waals surface area contributed by atoms with Crippen molar-refractivity contribution in [3.63, 3.8) is 0 Å². The number of hydrogen-bond acceptors (Lipinski definition) is 4. The van der Waals surface area contributed by atoms with Gasteiger partial charge in [0.25, 0.3) is 0 Å². The van der Waals surface area contributed by atoms with Gasteiger partial charge in [0.05, 0.1) is 12.3 Å². The Labute approximate surface area is 101 Å². The first-order valence-corrected chi connectivity index (χ1v) is 5.91. The summed E-state index contributed by atoms with van der Waals surface area (Å²) in [4.78, 5) is 10.8. The first kappa shape index (κ1) is 12.2. The molecule has 1 saturated heterocycles. The van der Waals surface area contributed by atoms with Crippen molar-refractivity contribution in [1.82, 2.24) is 9.97 Å². The van der Waals surface area contributed by atoms with Crippen LogP contribution in [-0.4, -0.2) is 36.3 Å². The van der Waals surface area contributed by atoms with Crippen LogP contribution < -0.4 is 4.90 Å². The molecule has 1 aromatic rings. The molecule has 0 N–H and O–H groups in total. The Kier molecular flexibility index (Phi) is 3.89. The summed E-state index contributed by atoms with van der Waals surface area (Å²) in [6, 6.07) is 1.93. The largest absolute Gasteiger partial charge is 0.378 e. The molecule has 94 valence electrons. The second kappa shape index (κ2) is 5.40. The fourth-order valence-corrected chi connectivity index (χ4v) is 2.07. The molecule has 1 aliphatic heterocycles. The number of hydrogen-bond donors (Lipinski definition) is 0. The van der Waals surface area contributed by atoms with Crippen LogP contribution in [0.4, 0.5) is 10.2 Å². The average molecular weight is 239 g/mol. The average Bonchev–Trinajstić information content (AvgIpc) is 2.29. The molecule has 0 unspecified atom stereocenters. The fourth-order valence-electron chi connectivity index (χ4n) is 2.07. The van der Waals surface area contributed by atoms with Crippen molar-refractivity contribution in [3.05, 3.63) is 17.6 Å². The summed E-state index contributed by atoms with van der Waals surface area (Å²) in [5.74, 6) is 1.62. The Morgan fingerprint density at radius 3 is 2.76 bits per heavy atom. The summed E-state index contributed by atoms with van der Waals surface area (Å²) in [6.45, 7) is 3.80. The number of rotatable bonds is 3. The predicted molar refractivity (Wildman–Crippen MR) is 63.8 cm³/mol. The molecule has 1 fully saturated rings. The van der Waals surface area contributed by atoms with Crippen molar-refractivity contribution in [1.29, 1.82) is 0 Å². The number of alkyl halides is 1. The summed E-state index contributed by atoms with van der Waals surface area (Å²) in [5, 5.41) is 0. The lowest BCUT2D eigenvalue weighted by Crippen LogP contribution is -2.35. The van der Waals surface area contributed by atoms with Crippen LogP contribution in [0, 0.1) is 6.92 Å². The Balaban J connectivity index is 2.14. The van der Waals surface area contributed by atoms with Gasteiger partial charge < -0.3 is 9.64 Å². The molecule has 0 spiro atoms. The van der Waals surface area contributed by atoms with Crippen molar-refractivity contribution >= 4 is 5.82 Å². The van der Waals surface area contributed by atoms with Crippen LogP contribution in [0.25, 0.3) is 0 Å². The van der Waals surface area contributed by atoms with Crippen molar-refractivity contribution in [2.45, 2.75) is 32.5 Å². The molecule has 0 aliphatic carbocycles. The summed E-state index contributed by atoms with van der Waals surface area (Å²) in [6.07, 6.45) is 0.512. The SMILES string of the molecule is COCc1cc(N2CCC(F)CC2)nc(C)n1. The van der Waals surface area contributed by atoms with Crippen LogP contribution in [0.15, 0.2) is 6.07 Å². The lowest BCUT2D eigenvalue weighted by atomic mass is 10.1. The Morgan fingerprint density at radius 2 is 2.12 bits per heavy atom. The molecule has 0 radical (unpaired) electrons. The van der Waals surface area contributed by atoms with Gasteiger partial charge in [0.2, 0.25) is 0 Å². The minimum atomic E-state index is -0.660. The first-order chi connectivity index (χ1) is 8.19. The maximum absolute atomic E-state index is 13.1. The third kappa shape index (κ3) is 3.12. The smallest absolute Gasteiger partial charge is 0.132 e. The monoisotopic (exact) mass is 239 g/mol. The van der Waals surface area contributed by atoms with Gasteiger partial charge in [-0.1, -0.05) is 0 Å². The van der Waals surface area contributed by atoms with E-state index in [-0.39, 0.29) is 0 Å². The number of nitrogens with zero attached hydrogens (tertiary/aromatic N) is 3. The van der Waals surface area contributed by atoms with Crippen LogP contribution >= 0.6 is 0 Å².